The highest BCUT2D eigenvalue weighted by molar-refractivity contribution is 5.13. The fourth-order valence-electron chi connectivity index (χ4n) is 1.25. The van der Waals surface area contributed by atoms with Gasteiger partial charge in [0.05, 0.1) is 6.20 Å². The minimum Gasteiger partial charge on any atom is -0.330 e. The Morgan fingerprint density at radius 2 is 2.36 bits per heavy atom. The van der Waals surface area contributed by atoms with Crippen molar-refractivity contribution in [1.29, 1.82) is 0 Å². The summed E-state index contributed by atoms with van der Waals surface area (Å²) in [4.78, 5) is 0. The van der Waals surface area contributed by atoms with Crippen LogP contribution in [0.5, 0.6) is 0 Å². The molecule has 2 heterocycles. The number of aromatic nitrogens is 5. The molecule has 2 N–H and O–H groups in total. The molecule has 0 aliphatic carbocycles. The van der Waals surface area contributed by atoms with Crippen molar-refractivity contribution in [1.82, 2.24) is 24.5 Å². The van der Waals surface area contributed by atoms with Crippen LogP contribution in [-0.4, -0.2) is 31.1 Å². The van der Waals surface area contributed by atoms with Crippen molar-refractivity contribution in [3.8, 4) is 5.95 Å². The largest absolute Gasteiger partial charge is 0.330 e. The average Bonchev–Trinajstić information content (AvgIpc) is 2.74. The maximum atomic E-state index is 5.45. The third kappa shape index (κ3) is 1.51. The molecule has 0 aliphatic heterocycles. The quantitative estimate of drug-likeness (QED) is 0.711. The zero-order valence-corrected chi connectivity index (χ0v) is 7.96. The number of nitrogens with two attached hydrogens (primary N) is 1. The van der Waals surface area contributed by atoms with Crippen molar-refractivity contribution in [2.75, 3.05) is 6.54 Å². The Bertz CT molecular complexity index is 415. The Labute approximate surface area is 81.4 Å². The van der Waals surface area contributed by atoms with E-state index in [1.807, 2.05) is 13.2 Å². The van der Waals surface area contributed by atoms with Crippen LogP contribution in [-0.2, 0) is 13.5 Å². The van der Waals surface area contributed by atoms with Crippen LogP contribution in [0.1, 0.15) is 5.56 Å². The number of aryl methyl sites for hydroxylation is 1. The van der Waals surface area contributed by atoms with Crippen molar-refractivity contribution >= 4 is 0 Å². The molecule has 0 atom stereocenters. The van der Waals surface area contributed by atoms with Crippen LogP contribution in [0.25, 0.3) is 5.95 Å². The zero-order chi connectivity index (χ0) is 9.97. The molecule has 6 nitrogen and oxygen atoms in total. The number of hydrogen-bond donors (Lipinski definition) is 1. The predicted octanol–water partition coefficient (Wildman–Crippen LogP) is -0.498. The Morgan fingerprint density at radius 3 is 3.00 bits per heavy atom. The number of nitrogens with zero attached hydrogens (tertiary/aromatic N) is 5. The highest BCUT2D eigenvalue weighted by atomic mass is 15.4. The summed E-state index contributed by atoms with van der Waals surface area (Å²) in [6.07, 6.45) is 6.18. The highest BCUT2D eigenvalue weighted by Gasteiger charge is 2.04. The van der Waals surface area contributed by atoms with Crippen LogP contribution in [0.3, 0.4) is 0 Å². The lowest BCUT2D eigenvalue weighted by atomic mass is 10.3. The van der Waals surface area contributed by atoms with Crippen molar-refractivity contribution in [2.45, 2.75) is 6.42 Å². The van der Waals surface area contributed by atoms with Gasteiger partial charge in [-0.2, -0.15) is 5.10 Å². The fourth-order valence-corrected chi connectivity index (χ4v) is 1.25. The van der Waals surface area contributed by atoms with Crippen molar-refractivity contribution in [3.63, 3.8) is 0 Å². The Morgan fingerprint density at radius 1 is 1.50 bits per heavy atom. The van der Waals surface area contributed by atoms with Crippen LogP contribution in [0.4, 0.5) is 0 Å². The van der Waals surface area contributed by atoms with Gasteiger partial charge in [-0.3, -0.25) is 0 Å². The highest BCUT2D eigenvalue weighted by Crippen LogP contribution is 2.03. The third-order valence-electron chi connectivity index (χ3n) is 1.96. The van der Waals surface area contributed by atoms with Gasteiger partial charge in [0.2, 0.25) is 0 Å². The maximum absolute atomic E-state index is 5.45. The molecule has 0 saturated heterocycles. The summed E-state index contributed by atoms with van der Waals surface area (Å²) < 4.78 is 3.50. The molecular formula is C8H12N6. The lowest BCUT2D eigenvalue weighted by Crippen LogP contribution is -2.03. The molecule has 2 aromatic rings. The van der Waals surface area contributed by atoms with Gasteiger partial charge in [0.1, 0.15) is 6.33 Å². The molecule has 0 radical (unpaired) electrons. The molecule has 0 fully saturated rings. The van der Waals surface area contributed by atoms with Crippen LogP contribution in [0.15, 0.2) is 18.7 Å². The van der Waals surface area contributed by atoms with E-state index in [2.05, 4.69) is 15.3 Å². The van der Waals surface area contributed by atoms with E-state index in [1.165, 1.54) is 0 Å². The topological polar surface area (TPSA) is 74.5 Å². The first kappa shape index (κ1) is 8.89. The molecule has 14 heavy (non-hydrogen) atoms. The molecule has 74 valence electrons. The number of hydrogen-bond acceptors (Lipinski definition) is 4. The molecular weight excluding hydrogens is 180 g/mol. The van der Waals surface area contributed by atoms with Gasteiger partial charge in [0.15, 0.2) is 0 Å². The van der Waals surface area contributed by atoms with E-state index in [0.717, 1.165) is 12.0 Å². The van der Waals surface area contributed by atoms with E-state index in [0.29, 0.717) is 12.5 Å². The first-order valence-corrected chi connectivity index (χ1v) is 4.39. The van der Waals surface area contributed by atoms with Gasteiger partial charge in [0, 0.05) is 13.2 Å². The molecule has 0 spiro atoms. The molecule has 0 aromatic carbocycles. The first-order valence-electron chi connectivity index (χ1n) is 4.39. The number of rotatable bonds is 3. The minimum absolute atomic E-state index is 0.629. The molecule has 2 aromatic heterocycles. The van der Waals surface area contributed by atoms with E-state index < -0.39 is 0 Å². The lowest BCUT2D eigenvalue weighted by Gasteiger charge is -1.97. The summed E-state index contributed by atoms with van der Waals surface area (Å²) in [5, 5.41) is 11.9. The van der Waals surface area contributed by atoms with Crippen LogP contribution in [0.2, 0.25) is 0 Å². The van der Waals surface area contributed by atoms with Gasteiger partial charge in [-0.1, -0.05) is 0 Å². The summed E-state index contributed by atoms with van der Waals surface area (Å²) in [5.74, 6) is 0.702. The second-order valence-corrected chi connectivity index (χ2v) is 3.07. The van der Waals surface area contributed by atoms with Gasteiger partial charge in [-0.15, -0.1) is 10.2 Å². The zero-order valence-electron chi connectivity index (χ0n) is 7.96. The summed E-state index contributed by atoms with van der Waals surface area (Å²) in [5.41, 5.74) is 6.56. The lowest BCUT2D eigenvalue weighted by molar-refractivity contribution is 0.748. The fraction of sp³-hybridized carbons (Fsp3) is 0.375. The van der Waals surface area contributed by atoms with Crippen LogP contribution < -0.4 is 5.73 Å². The minimum atomic E-state index is 0.629. The van der Waals surface area contributed by atoms with Crippen molar-refractivity contribution in [3.05, 3.63) is 24.3 Å². The van der Waals surface area contributed by atoms with Crippen LogP contribution >= 0.6 is 0 Å². The maximum Gasteiger partial charge on any atom is 0.251 e. The van der Waals surface area contributed by atoms with Gasteiger partial charge in [0.25, 0.3) is 5.95 Å². The van der Waals surface area contributed by atoms with Crippen molar-refractivity contribution in [2.24, 2.45) is 12.8 Å². The summed E-state index contributed by atoms with van der Waals surface area (Å²) >= 11 is 0. The monoisotopic (exact) mass is 192 g/mol. The van der Waals surface area contributed by atoms with E-state index >= 15 is 0 Å². The Balaban J connectivity index is 2.29. The van der Waals surface area contributed by atoms with E-state index in [9.17, 15) is 0 Å². The summed E-state index contributed by atoms with van der Waals surface area (Å²) in [6.45, 7) is 0.629. The van der Waals surface area contributed by atoms with Crippen LogP contribution in [0, 0.1) is 0 Å². The smallest absolute Gasteiger partial charge is 0.251 e. The predicted molar refractivity (Wildman–Crippen MR) is 50.9 cm³/mol. The second kappa shape index (κ2) is 3.59. The van der Waals surface area contributed by atoms with E-state index in [-0.39, 0.29) is 0 Å². The summed E-state index contributed by atoms with van der Waals surface area (Å²) in [6, 6.07) is 0. The van der Waals surface area contributed by atoms with E-state index in [1.54, 1.807) is 21.8 Å². The Hall–Kier alpha value is -1.69. The molecule has 0 aliphatic rings. The SMILES string of the molecule is Cn1cnnc1-n1cc(CCN)cn1. The van der Waals surface area contributed by atoms with Gasteiger partial charge >= 0.3 is 0 Å². The second-order valence-electron chi connectivity index (χ2n) is 3.07. The molecule has 2 rings (SSSR count). The normalized spacial score (nSPS) is 10.7. The molecule has 0 saturated carbocycles. The van der Waals surface area contributed by atoms with Crippen molar-refractivity contribution < 1.29 is 0 Å². The standard InChI is InChI=1S/C8H12N6/c1-13-6-10-12-8(13)14-5-7(2-3-9)4-11-14/h4-6H,2-3,9H2,1H3. The average molecular weight is 192 g/mol. The molecule has 6 heteroatoms. The van der Waals surface area contributed by atoms with Gasteiger partial charge < -0.3 is 10.3 Å². The molecule has 0 amide bonds. The summed E-state index contributed by atoms with van der Waals surface area (Å²) in [7, 11) is 1.87. The van der Waals surface area contributed by atoms with Gasteiger partial charge in [-0.25, -0.2) is 4.68 Å². The van der Waals surface area contributed by atoms with E-state index in [4.69, 9.17) is 5.73 Å². The Kier molecular flexibility index (Phi) is 2.28. The van der Waals surface area contributed by atoms with Gasteiger partial charge in [-0.05, 0) is 18.5 Å². The third-order valence-corrected chi connectivity index (χ3v) is 1.96. The molecule has 0 unspecified atom stereocenters. The molecule has 0 bridgehead atoms. The first-order chi connectivity index (χ1) is 6.81.